The molecule has 0 fully saturated rings. The van der Waals surface area contributed by atoms with Crippen molar-refractivity contribution >= 4 is 43.2 Å². The van der Waals surface area contributed by atoms with Gasteiger partial charge in [0.15, 0.2) is 0 Å². The number of sulfonamides is 2. The lowest BCUT2D eigenvalue weighted by Gasteiger charge is -2.16. The zero-order valence-corrected chi connectivity index (χ0v) is 22.9. The molecule has 4 rings (SSSR count). The Hall–Kier alpha value is -3.47. The maximum Gasteiger partial charge on any atom is 0.261 e. The average Bonchev–Trinajstić information content (AvgIpc) is 2.86. The zero-order chi connectivity index (χ0) is 26.6. The minimum absolute atomic E-state index is 0.0682. The SMILES string of the molecule is COc1ccc(Sc2ccc(NS(=O)(=O)c3ccc(C)cc3)c(NS(=O)(=O)c3ccc(C)cc3)c2)cc1. The van der Waals surface area contributed by atoms with E-state index in [4.69, 9.17) is 4.74 Å². The highest BCUT2D eigenvalue weighted by atomic mass is 32.2. The fourth-order valence-corrected chi connectivity index (χ4v) is 6.39. The van der Waals surface area contributed by atoms with Crippen LogP contribution in [0.4, 0.5) is 11.4 Å². The standard InChI is InChI=1S/C27H26N2O5S3/c1-19-4-13-24(14-5-19)36(30,31)28-26-17-12-23(35-22-10-8-21(34-3)9-11-22)18-27(26)29-37(32,33)25-15-6-20(2)7-16-25/h4-18,28-29H,1-3H3. The van der Waals surface area contributed by atoms with E-state index in [2.05, 4.69) is 9.44 Å². The molecule has 0 spiro atoms. The minimum atomic E-state index is -3.99. The van der Waals surface area contributed by atoms with Gasteiger partial charge < -0.3 is 4.74 Å². The highest BCUT2D eigenvalue weighted by Gasteiger charge is 2.20. The van der Waals surface area contributed by atoms with Gasteiger partial charge in [0.1, 0.15) is 5.75 Å². The van der Waals surface area contributed by atoms with Crippen molar-refractivity contribution in [2.24, 2.45) is 0 Å². The normalized spacial score (nSPS) is 11.6. The Morgan fingerprint density at radius 1 is 0.595 bits per heavy atom. The Kier molecular flexibility index (Phi) is 7.82. The van der Waals surface area contributed by atoms with Crippen LogP contribution in [0.3, 0.4) is 0 Å². The second kappa shape index (κ2) is 10.9. The van der Waals surface area contributed by atoms with Gasteiger partial charge >= 0.3 is 0 Å². The summed E-state index contributed by atoms with van der Waals surface area (Å²) < 4.78 is 62.8. The van der Waals surface area contributed by atoms with E-state index >= 15 is 0 Å². The number of benzene rings is 4. The lowest BCUT2D eigenvalue weighted by molar-refractivity contribution is 0.414. The smallest absolute Gasteiger partial charge is 0.261 e. The molecular weight excluding hydrogens is 529 g/mol. The Morgan fingerprint density at radius 2 is 1.05 bits per heavy atom. The lowest BCUT2D eigenvalue weighted by Crippen LogP contribution is -2.17. The van der Waals surface area contributed by atoms with Crippen molar-refractivity contribution in [1.29, 1.82) is 0 Å². The first-order valence-corrected chi connectivity index (χ1v) is 15.0. The molecule has 0 aliphatic rings. The fraction of sp³-hybridized carbons (Fsp3) is 0.111. The van der Waals surface area contributed by atoms with Crippen LogP contribution in [-0.4, -0.2) is 23.9 Å². The Morgan fingerprint density at radius 3 is 1.54 bits per heavy atom. The molecule has 0 heterocycles. The molecular formula is C27H26N2O5S3. The third kappa shape index (κ3) is 6.65. The molecule has 0 unspecified atom stereocenters. The zero-order valence-electron chi connectivity index (χ0n) is 20.4. The molecule has 4 aromatic carbocycles. The number of nitrogens with one attached hydrogen (secondary N) is 2. The first-order chi connectivity index (χ1) is 17.6. The molecule has 4 aromatic rings. The number of rotatable bonds is 9. The van der Waals surface area contributed by atoms with Crippen LogP contribution in [0, 0.1) is 13.8 Å². The summed E-state index contributed by atoms with van der Waals surface area (Å²) in [4.78, 5) is 1.76. The van der Waals surface area contributed by atoms with Crippen molar-refractivity contribution in [2.75, 3.05) is 16.6 Å². The van der Waals surface area contributed by atoms with E-state index < -0.39 is 20.0 Å². The highest BCUT2D eigenvalue weighted by molar-refractivity contribution is 7.99. The van der Waals surface area contributed by atoms with Crippen LogP contribution in [0.15, 0.2) is 111 Å². The van der Waals surface area contributed by atoms with Gasteiger partial charge in [0.2, 0.25) is 0 Å². The van der Waals surface area contributed by atoms with Crippen molar-refractivity contribution < 1.29 is 21.6 Å². The molecule has 0 atom stereocenters. The van der Waals surface area contributed by atoms with Gasteiger partial charge in [-0.15, -0.1) is 0 Å². The molecule has 0 aliphatic heterocycles. The van der Waals surface area contributed by atoms with Gasteiger partial charge in [0, 0.05) is 9.79 Å². The number of methoxy groups -OCH3 is 1. The van der Waals surface area contributed by atoms with Gasteiger partial charge in [-0.2, -0.15) is 0 Å². The van der Waals surface area contributed by atoms with E-state index in [9.17, 15) is 16.8 Å². The Labute approximate surface area is 222 Å². The highest BCUT2D eigenvalue weighted by Crippen LogP contribution is 2.35. The molecule has 0 radical (unpaired) electrons. The van der Waals surface area contributed by atoms with Crippen LogP contribution in [0.5, 0.6) is 5.75 Å². The van der Waals surface area contributed by atoms with Gasteiger partial charge in [-0.05, 0) is 80.6 Å². The molecule has 0 saturated heterocycles. The summed E-state index contributed by atoms with van der Waals surface area (Å²) in [6.07, 6.45) is 0. The molecule has 0 aliphatic carbocycles. The predicted octanol–water partition coefficient (Wildman–Crippen LogP) is 6.06. The topological polar surface area (TPSA) is 102 Å². The molecule has 37 heavy (non-hydrogen) atoms. The largest absolute Gasteiger partial charge is 0.497 e. The second-order valence-electron chi connectivity index (χ2n) is 8.32. The van der Waals surface area contributed by atoms with Crippen molar-refractivity contribution in [3.8, 4) is 5.75 Å². The summed E-state index contributed by atoms with van der Waals surface area (Å²) >= 11 is 1.40. The van der Waals surface area contributed by atoms with Gasteiger partial charge in [-0.25, -0.2) is 16.8 Å². The minimum Gasteiger partial charge on any atom is -0.497 e. The van der Waals surface area contributed by atoms with Crippen molar-refractivity contribution in [3.63, 3.8) is 0 Å². The molecule has 10 heteroatoms. The summed E-state index contributed by atoms with van der Waals surface area (Å²) in [5, 5.41) is 0. The number of aryl methyl sites for hydroxylation is 2. The number of hydrogen-bond donors (Lipinski definition) is 2. The van der Waals surface area contributed by atoms with Crippen LogP contribution >= 0.6 is 11.8 Å². The first-order valence-electron chi connectivity index (χ1n) is 11.2. The number of hydrogen-bond acceptors (Lipinski definition) is 6. The van der Waals surface area contributed by atoms with Crippen molar-refractivity contribution in [3.05, 3.63) is 102 Å². The van der Waals surface area contributed by atoms with Crippen molar-refractivity contribution in [1.82, 2.24) is 0 Å². The predicted molar refractivity (Wildman–Crippen MR) is 148 cm³/mol. The third-order valence-electron chi connectivity index (χ3n) is 5.44. The van der Waals surface area contributed by atoms with E-state index in [0.717, 1.165) is 21.8 Å². The van der Waals surface area contributed by atoms with Crippen LogP contribution in [-0.2, 0) is 20.0 Å². The van der Waals surface area contributed by atoms with Gasteiger partial charge in [0.05, 0.1) is 28.3 Å². The maximum absolute atomic E-state index is 13.2. The molecule has 0 aromatic heterocycles. The molecule has 0 saturated carbocycles. The van der Waals surface area contributed by atoms with Crippen LogP contribution in [0.2, 0.25) is 0 Å². The van der Waals surface area contributed by atoms with Crippen LogP contribution in [0.1, 0.15) is 11.1 Å². The quantitative estimate of drug-likeness (QED) is 0.261. The molecule has 7 nitrogen and oxygen atoms in total. The van der Waals surface area contributed by atoms with Gasteiger partial charge in [-0.1, -0.05) is 47.2 Å². The lowest BCUT2D eigenvalue weighted by atomic mass is 10.2. The summed E-state index contributed by atoms with van der Waals surface area (Å²) in [7, 11) is -6.36. The maximum atomic E-state index is 13.2. The molecule has 0 bridgehead atoms. The number of ether oxygens (including phenoxy) is 1. The first kappa shape index (κ1) is 26.6. The molecule has 2 N–H and O–H groups in total. The Bertz CT molecular complexity index is 1600. The summed E-state index contributed by atoms with van der Waals surface area (Å²) in [5.41, 5.74) is 2.05. The third-order valence-corrected chi connectivity index (χ3v) is 9.20. The molecule has 192 valence electrons. The monoisotopic (exact) mass is 554 g/mol. The molecule has 0 amide bonds. The second-order valence-corrected chi connectivity index (χ2v) is 12.8. The summed E-state index contributed by atoms with van der Waals surface area (Å²) in [6, 6.07) is 25.1. The van der Waals surface area contributed by atoms with Crippen molar-refractivity contribution in [2.45, 2.75) is 33.4 Å². The van der Waals surface area contributed by atoms with Gasteiger partial charge in [0.25, 0.3) is 20.0 Å². The van der Waals surface area contributed by atoms with E-state index in [0.29, 0.717) is 4.90 Å². The van der Waals surface area contributed by atoms with E-state index in [1.54, 1.807) is 49.6 Å². The van der Waals surface area contributed by atoms with Crippen LogP contribution < -0.4 is 14.2 Å². The fourth-order valence-electron chi connectivity index (χ4n) is 3.38. The Balaban J connectivity index is 1.71. The van der Waals surface area contributed by atoms with E-state index in [1.807, 2.05) is 38.1 Å². The van der Waals surface area contributed by atoms with Gasteiger partial charge in [-0.3, -0.25) is 9.44 Å². The van der Waals surface area contributed by atoms with E-state index in [1.165, 1.54) is 36.0 Å². The summed E-state index contributed by atoms with van der Waals surface area (Å²) in [6.45, 7) is 3.72. The summed E-state index contributed by atoms with van der Waals surface area (Å²) in [5.74, 6) is 0.719. The average molecular weight is 555 g/mol. The van der Waals surface area contributed by atoms with Crippen LogP contribution in [0.25, 0.3) is 0 Å². The van der Waals surface area contributed by atoms with E-state index in [-0.39, 0.29) is 21.2 Å². The number of anilines is 2.